The first kappa shape index (κ1) is 15.6. The summed E-state index contributed by atoms with van der Waals surface area (Å²) in [5, 5.41) is 3.87. The number of aryl methyl sites for hydroxylation is 1. The molecule has 3 heterocycles. The zero-order chi connectivity index (χ0) is 16.6. The van der Waals surface area contributed by atoms with Crippen molar-refractivity contribution in [3.05, 3.63) is 18.1 Å². The lowest BCUT2D eigenvalue weighted by Gasteiger charge is -2.61. The summed E-state index contributed by atoms with van der Waals surface area (Å²) < 4.78 is 5.25. The predicted molar refractivity (Wildman–Crippen MR) is 93.1 cm³/mol. The summed E-state index contributed by atoms with van der Waals surface area (Å²) in [6.07, 6.45) is 10.1. The minimum absolute atomic E-state index is 0.464. The van der Waals surface area contributed by atoms with Crippen LogP contribution >= 0.6 is 0 Å². The van der Waals surface area contributed by atoms with Crippen molar-refractivity contribution < 1.29 is 4.52 Å². The van der Waals surface area contributed by atoms with Crippen molar-refractivity contribution in [1.29, 1.82) is 0 Å². The molecule has 0 unspecified atom stereocenters. The van der Waals surface area contributed by atoms with Crippen molar-refractivity contribution in [2.75, 3.05) is 31.1 Å². The molecule has 1 spiro atoms. The van der Waals surface area contributed by atoms with Gasteiger partial charge in [0.05, 0.1) is 6.04 Å². The molecule has 0 amide bonds. The van der Waals surface area contributed by atoms with Gasteiger partial charge in [0.2, 0.25) is 0 Å². The Morgan fingerprint density at radius 1 is 1.29 bits per heavy atom. The molecule has 4 rings (SSSR count). The number of hydrogen-bond donors (Lipinski definition) is 1. The Morgan fingerprint density at radius 2 is 2.04 bits per heavy atom. The number of hydrogen-bond acceptors (Lipinski definition) is 7. The maximum Gasteiger partial charge on any atom is 0.324 e. The second-order valence-electron chi connectivity index (χ2n) is 7.49. The van der Waals surface area contributed by atoms with Gasteiger partial charge in [-0.1, -0.05) is 5.16 Å². The molecule has 1 aliphatic carbocycles. The molecule has 2 saturated heterocycles. The number of piperidine rings is 1. The summed E-state index contributed by atoms with van der Waals surface area (Å²) in [6.45, 7) is 6.33. The van der Waals surface area contributed by atoms with E-state index in [2.05, 4.69) is 24.9 Å². The number of aliphatic imine (C=N–C) groups is 1. The van der Waals surface area contributed by atoms with Crippen LogP contribution in [0.15, 0.2) is 21.8 Å². The van der Waals surface area contributed by atoms with Gasteiger partial charge in [-0.25, -0.2) is 0 Å². The molecule has 130 valence electrons. The summed E-state index contributed by atoms with van der Waals surface area (Å²) in [6, 6.07) is 1.91. The van der Waals surface area contributed by atoms with Crippen LogP contribution in [0.1, 0.15) is 31.5 Å². The Morgan fingerprint density at radius 3 is 2.67 bits per heavy atom. The average Bonchev–Trinajstić information content (AvgIpc) is 2.92. The SMILES string of the molecule is Cc1noc(N2CC3(CC(N4CCC(N=CC=CN)CC4)C3)C2)n1. The van der Waals surface area contributed by atoms with Crippen molar-refractivity contribution >= 4 is 12.2 Å². The highest BCUT2D eigenvalue weighted by Gasteiger charge is 2.55. The zero-order valence-corrected chi connectivity index (χ0v) is 14.3. The van der Waals surface area contributed by atoms with Crippen molar-refractivity contribution in [2.24, 2.45) is 16.1 Å². The van der Waals surface area contributed by atoms with Gasteiger partial charge in [-0.15, -0.1) is 0 Å². The van der Waals surface area contributed by atoms with Crippen molar-refractivity contribution in [2.45, 2.75) is 44.7 Å². The minimum atomic E-state index is 0.464. The molecular weight excluding hydrogens is 304 g/mol. The Hall–Kier alpha value is -1.89. The Balaban J connectivity index is 1.20. The second kappa shape index (κ2) is 6.20. The molecule has 3 fully saturated rings. The molecule has 0 atom stereocenters. The zero-order valence-electron chi connectivity index (χ0n) is 14.3. The third-order valence-corrected chi connectivity index (χ3v) is 5.69. The van der Waals surface area contributed by atoms with Crippen LogP contribution in [-0.4, -0.2) is 59.5 Å². The highest BCUT2D eigenvalue weighted by Crippen LogP contribution is 2.51. The van der Waals surface area contributed by atoms with Crippen molar-refractivity contribution in [3.63, 3.8) is 0 Å². The van der Waals surface area contributed by atoms with Crippen LogP contribution in [0.2, 0.25) is 0 Å². The van der Waals surface area contributed by atoms with Crippen LogP contribution in [0.4, 0.5) is 6.01 Å². The van der Waals surface area contributed by atoms with Gasteiger partial charge in [0.25, 0.3) is 0 Å². The molecule has 2 aliphatic heterocycles. The number of rotatable bonds is 4. The van der Waals surface area contributed by atoms with E-state index in [-0.39, 0.29) is 0 Å². The summed E-state index contributed by atoms with van der Waals surface area (Å²) in [5.41, 5.74) is 5.82. The number of likely N-dealkylation sites (tertiary alicyclic amines) is 1. The second-order valence-corrected chi connectivity index (χ2v) is 7.49. The summed E-state index contributed by atoms with van der Waals surface area (Å²) in [7, 11) is 0. The van der Waals surface area contributed by atoms with Gasteiger partial charge in [0.15, 0.2) is 5.82 Å². The van der Waals surface area contributed by atoms with Gasteiger partial charge in [-0.05, 0) is 44.9 Å². The molecule has 0 aromatic carbocycles. The first-order chi connectivity index (χ1) is 11.7. The number of nitrogens with zero attached hydrogens (tertiary/aromatic N) is 5. The fourth-order valence-corrected chi connectivity index (χ4v) is 4.39. The summed E-state index contributed by atoms with van der Waals surface area (Å²) >= 11 is 0. The van der Waals surface area contributed by atoms with Gasteiger partial charge < -0.3 is 20.1 Å². The molecule has 1 aromatic heterocycles. The van der Waals surface area contributed by atoms with Crippen LogP contribution in [-0.2, 0) is 0 Å². The standard InChI is InChI=1S/C17H26N6O/c1-13-20-16(24-21-13)23-11-17(12-23)9-15(10-17)22-7-3-14(4-8-22)19-6-2-5-18/h2,5-6,14-15H,3-4,7-12,18H2,1H3. The highest BCUT2D eigenvalue weighted by molar-refractivity contribution is 5.70. The third kappa shape index (κ3) is 2.92. The molecule has 0 radical (unpaired) electrons. The van der Waals surface area contributed by atoms with E-state index in [0.29, 0.717) is 23.3 Å². The molecular formula is C17H26N6O. The van der Waals surface area contributed by atoms with E-state index in [1.165, 1.54) is 32.1 Å². The number of aromatic nitrogens is 2. The third-order valence-electron chi connectivity index (χ3n) is 5.69. The Bertz CT molecular complexity index is 617. The van der Waals surface area contributed by atoms with E-state index in [0.717, 1.165) is 32.0 Å². The molecule has 1 saturated carbocycles. The molecule has 24 heavy (non-hydrogen) atoms. The fourth-order valence-electron chi connectivity index (χ4n) is 4.39. The van der Waals surface area contributed by atoms with E-state index >= 15 is 0 Å². The van der Waals surface area contributed by atoms with Crippen molar-refractivity contribution in [3.8, 4) is 0 Å². The maximum absolute atomic E-state index is 5.33. The van der Waals surface area contributed by atoms with Gasteiger partial charge >= 0.3 is 6.01 Å². The Labute approximate surface area is 142 Å². The van der Waals surface area contributed by atoms with Gasteiger partial charge in [-0.3, -0.25) is 4.99 Å². The van der Waals surface area contributed by atoms with Crippen LogP contribution in [0.25, 0.3) is 0 Å². The van der Waals surface area contributed by atoms with E-state index in [1.807, 2.05) is 13.1 Å². The molecule has 2 N–H and O–H groups in total. The molecule has 7 nitrogen and oxygen atoms in total. The van der Waals surface area contributed by atoms with E-state index in [4.69, 9.17) is 10.3 Å². The molecule has 3 aliphatic rings. The first-order valence-electron chi connectivity index (χ1n) is 8.87. The van der Waals surface area contributed by atoms with E-state index in [1.54, 1.807) is 6.08 Å². The number of nitrogens with two attached hydrogens (primary N) is 1. The van der Waals surface area contributed by atoms with Gasteiger partial charge in [0, 0.05) is 43.9 Å². The number of allylic oxidation sites excluding steroid dienone is 1. The average molecular weight is 330 g/mol. The predicted octanol–water partition coefficient (Wildman–Crippen LogP) is 1.35. The van der Waals surface area contributed by atoms with Crippen LogP contribution in [0, 0.1) is 12.3 Å². The summed E-state index contributed by atoms with van der Waals surface area (Å²) in [4.78, 5) is 13.8. The molecule has 7 heteroatoms. The normalized spacial score (nSPS) is 25.6. The molecule has 0 bridgehead atoms. The van der Waals surface area contributed by atoms with Crippen LogP contribution < -0.4 is 10.6 Å². The smallest absolute Gasteiger partial charge is 0.324 e. The Kier molecular flexibility index (Phi) is 4.04. The molecule has 1 aromatic rings. The van der Waals surface area contributed by atoms with Crippen molar-refractivity contribution in [1.82, 2.24) is 15.0 Å². The first-order valence-corrected chi connectivity index (χ1v) is 8.87. The topological polar surface area (TPSA) is 83.8 Å². The van der Waals surface area contributed by atoms with E-state index in [9.17, 15) is 0 Å². The number of anilines is 1. The summed E-state index contributed by atoms with van der Waals surface area (Å²) in [5.74, 6) is 0.713. The van der Waals surface area contributed by atoms with Crippen LogP contribution in [0.3, 0.4) is 0 Å². The largest absolute Gasteiger partial charge is 0.405 e. The highest BCUT2D eigenvalue weighted by atomic mass is 16.5. The monoisotopic (exact) mass is 330 g/mol. The minimum Gasteiger partial charge on any atom is -0.405 e. The quantitative estimate of drug-likeness (QED) is 0.839. The lowest BCUT2D eigenvalue weighted by Crippen LogP contribution is -2.67. The van der Waals surface area contributed by atoms with Gasteiger partial charge in [-0.2, -0.15) is 4.98 Å². The lowest BCUT2D eigenvalue weighted by atomic mass is 9.60. The van der Waals surface area contributed by atoms with E-state index < -0.39 is 0 Å². The van der Waals surface area contributed by atoms with Crippen LogP contribution in [0.5, 0.6) is 0 Å². The lowest BCUT2D eigenvalue weighted by molar-refractivity contribution is -0.0301. The van der Waals surface area contributed by atoms with Gasteiger partial charge in [0.1, 0.15) is 0 Å². The fraction of sp³-hybridized carbons (Fsp3) is 0.706. The maximum atomic E-state index is 5.33.